The Balaban J connectivity index is 2.09. The molecule has 1 atom stereocenters. The molecule has 4 heteroatoms. The van der Waals surface area contributed by atoms with Gasteiger partial charge in [0.25, 0.3) is 0 Å². The van der Waals surface area contributed by atoms with Gasteiger partial charge in [0.05, 0.1) is 11.1 Å². The van der Waals surface area contributed by atoms with Crippen molar-refractivity contribution < 1.29 is 0 Å². The van der Waals surface area contributed by atoms with Gasteiger partial charge in [-0.05, 0) is 31.4 Å². The largest absolute Gasteiger partial charge is 0.282 e. The molecule has 0 radical (unpaired) electrons. The van der Waals surface area contributed by atoms with Gasteiger partial charge < -0.3 is 0 Å². The summed E-state index contributed by atoms with van der Waals surface area (Å²) in [5, 5.41) is 8.31. The number of fused-ring (bicyclic) bond motifs is 1. The first-order valence-corrected chi connectivity index (χ1v) is 6.54. The first-order chi connectivity index (χ1) is 8.25. The molecule has 1 heterocycles. The maximum Gasteiger partial charge on any atom is 0.0970 e. The minimum atomic E-state index is 0.0724. The molecule has 3 rings (SSSR count). The van der Waals surface area contributed by atoms with Gasteiger partial charge in [0.2, 0.25) is 0 Å². The van der Waals surface area contributed by atoms with Crippen molar-refractivity contribution >= 4 is 23.2 Å². The Kier molecular flexibility index (Phi) is 2.85. The second-order valence-corrected chi connectivity index (χ2v) is 5.29. The van der Waals surface area contributed by atoms with Crippen molar-refractivity contribution in [3.8, 4) is 11.3 Å². The van der Waals surface area contributed by atoms with Crippen LogP contribution in [0.15, 0.2) is 24.3 Å². The van der Waals surface area contributed by atoms with Gasteiger partial charge in [0.15, 0.2) is 0 Å². The summed E-state index contributed by atoms with van der Waals surface area (Å²) in [4.78, 5) is 0. The molecule has 0 saturated heterocycles. The highest BCUT2D eigenvalue weighted by molar-refractivity contribution is 6.30. The summed E-state index contributed by atoms with van der Waals surface area (Å²) in [6.07, 6.45) is 3.19. The lowest BCUT2D eigenvalue weighted by Crippen LogP contribution is -2.04. The highest BCUT2D eigenvalue weighted by Gasteiger charge is 2.24. The number of aromatic nitrogens is 2. The van der Waals surface area contributed by atoms with E-state index < -0.39 is 0 Å². The van der Waals surface area contributed by atoms with E-state index in [-0.39, 0.29) is 5.38 Å². The molecule has 0 amide bonds. The fourth-order valence-electron chi connectivity index (χ4n) is 2.34. The third kappa shape index (κ3) is 1.96. The maximum atomic E-state index is 6.39. The molecule has 2 nitrogen and oxygen atoms in total. The molecule has 1 aliphatic carbocycles. The first-order valence-electron chi connectivity index (χ1n) is 5.73. The molecule has 1 N–H and O–H groups in total. The van der Waals surface area contributed by atoms with Gasteiger partial charge in [0, 0.05) is 21.8 Å². The van der Waals surface area contributed by atoms with Crippen LogP contribution in [0.1, 0.15) is 29.5 Å². The number of nitrogens with one attached hydrogen (secondary N) is 1. The smallest absolute Gasteiger partial charge is 0.0970 e. The van der Waals surface area contributed by atoms with E-state index in [2.05, 4.69) is 10.2 Å². The van der Waals surface area contributed by atoms with Gasteiger partial charge in [-0.3, -0.25) is 5.10 Å². The molecule has 0 spiro atoms. The molecule has 17 heavy (non-hydrogen) atoms. The van der Waals surface area contributed by atoms with E-state index in [1.165, 1.54) is 11.3 Å². The van der Waals surface area contributed by atoms with Crippen LogP contribution in [0.2, 0.25) is 5.02 Å². The van der Waals surface area contributed by atoms with Gasteiger partial charge in [-0.25, -0.2) is 0 Å². The molecule has 0 bridgehead atoms. The Labute approximate surface area is 110 Å². The summed E-state index contributed by atoms with van der Waals surface area (Å²) in [5.41, 5.74) is 4.39. The van der Waals surface area contributed by atoms with E-state index in [1.54, 1.807) is 0 Å². The van der Waals surface area contributed by atoms with Crippen molar-refractivity contribution in [3.63, 3.8) is 0 Å². The van der Waals surface area contributed by atoms with E-state index >= 15 is 0 Å². The number of alkyl halides is 1. The minimum absolute atomic E-state index is 0.0724. The summed E-state index contributed by atoms with van der Waals surface area (Å²) in [6, 6.07) is 7.72. The number of benzene rings is 1. The fourth-order valence-corrected chi connectivity index (χ4v) is 2.86. The summed E-state index contributed by atoms with van der Waals surface area (Å²) < 4.78 is 0. The van der Waals surface area contributed by atoms with Crippen LogP contribution in [0.5, 0.6) is 0 Å². The molecular weight excluding hydrogens is 255 g/mol. The summed E-state index contributed by atoms with van der Waals surface area (Å²) in [5.74, 6) is 0. The van der Waals surface area contributed by atoms with Crippen molar-refractivity contribution in [3.05, 3.63) is 40.5 Å². The van der Waals surface area contributed by atoms with Crippen molar-refractivity contribution in [1.29, 1.82) is 0 Å². The quantitative estimate of drug-likeness (QED) is 0.764. The van der Waals surface area contributed by atoms with Crippen LogP contribution in [-0.4, -0.2) is 10.2 Å². The average molecular weight is 267 g/mol. The second kappa shape index (κ2) is 4.35. The summed E-state index contributed by atoms with van der Waals surface area (Å²) in [6.45, 7) is 0. The molecular formula is C13H12Cl2N2. The molecule has 0 fully saturated rings. The van der Waals surface area contributed by atoms with Gasteiger partial charge in [-0.15, -0.1) is 11.6 Å². The van der Waals surface area contributed by atoms with Crippen LogP contribution >= 0.6 is 23.2 Å². The van der Waals surface area contributed by atoms with E-state index in [9.17, 15) is 0 Å². The van der Waals surface area contributed by atoms with Gasteiger partial charge in [0.1, 0.15) is 0 Å². The highest BCUT2D eigenvalue weighted by atomic mass is 35.5. The van der Waals surface area contributed by atoms with Crippen LogP contribution in [-0.2, 0) is 6.42 Å². The molecule has 1 unspecified atom stereocenters. The monoisotopic (exact) mass is 266 g/mol. The average Bonchev–Trinajstić information content (AvgIpc) is 2.75. The number of rotatable bonds is 1. The van der Waals surface area contributed by atoms with E-state index in [4.69, 9.17) is 23.2 Å². The van der Waals surface area contributed by atoms with Crippen LogP contribution in [0.4, 0.5) is 0 Å². The van der Waals surface area contributed by atoms with Crippen LogP contribution in [0, 0.1) is 0 Å². The van der Waals surface area contributed by atoms with Crippen LogP contribution in [0.3, 0.4) is 0 Å². The third-order valence-corrected chi connectivity index (χ3v) is 3.89. The predicted octanol–water partition coefficient (Wildman–Crippen LogP) is 4.35. The fraction of sp³-hybridized carbons (Fsp3) is 0.308. The molecule has 1 aromatic heterocycles. The maximum absolute atomic E-state index is 6.39. The molecule has 0 saturated carbocycles. The first kappa shape index (κ1) is 11.1. The predicted molar refractivity (Wildman–Crippen MR) is 70.6 cm³/mol. The van der Waals surface area contributed by atoms with E-state index in [1.807, 2.05) is 24.3 Å². The standard InChI is InChI=1S/C13H12Cl2N2/c14-9-6-4-8(5-7-9)13-12-10(15)2-1-3-11(12)16-17-13/h4-7,10H,1-3H2,(H,16,17). The van der Waals surface area contributed by atoms with Gasteiger partial charge in [-0.2, -0.15) is 5.10 Å². The number of hydrogen-bond donors (Lipinski definition) is 1. The molecule has 1 aromatic carbocycles. The zero-order valence-electron chi connectivity index (χ0n) is 9.21. The van der Waals surface area contributed by atoms with Crippen LogP contribution in [0.25, 0.3) is 11.3 Å². The third-order valence-electron chi connectivity index (χ3n) is 3.20. The summed E-state index contributed by atoms with van der Waals surface area (Å²) in [7, 11) is 0. The number of aryl methyl sites for hydroxylation is 1. The van der Waals surface area contributed by atoms with Crippen molar-refractivity contribution in [2.45, 2.75) is 24.6 Å². The van der Waals surface area contributed by atoms with Crippen molar-refractivity contribution in [2.24, 2.45) is 0 Å². The highest BCUT2D eigenvalue weighted by Crippen LogP contribution is 2.39. The molecule has 1 aliphatic rings. The molecule has 0 aliphatic heterocycles. The molecule has 88 valence electrons. The lowest BCUT2D eigenvalue weighted by molar-refractivity contribution is 0.658. The number of halogens is 2. The number of hydrogen-bond acceptors (Lipinski definition) is 1. The SMILES string of the molecule is Clc1ccc(-c2n[nH]c3c2C(Cl)CCC3)cc1. The normalized spacial score (nSPS) is 19.1. The number of nitrogens with zero attached hydrogens (tertiary/aromatic N) is 1. The van der Waals surface area contributed by atoms with E-state index in [0.717, 1.165) is 35.5 Å². The van der Waals surface area contributed by atoms with Gasteiger partial charge >= 0.3 is 0 Å². The Morgan fingerprint density at radius 3 is 2.76 bits per heavy atom. The zero-order valence-corrected chi connectivity index (χ0v) is 10.7. The molecule has 2 aromatic rings. The topological polar surface area (TPSA) is 28.7 Å². The van der Waals surface area contributed by atoms with Gasteiger partial charge in [-0.1, -0.05) is 23.7 Å². The summed E-state index contributed by atoms with van der Waals surface area (Å²) >= 11 is 12.3. The zero-order chi connectivity index (χ0) is 11.8. The Morgan fingerprint density at radius 2 is 2.00 bits per heavy atom. The Bertz CT molecular complexity index is 531. The van der Waals surface area contributed by atoms with E-state index in [0.29, 0.717) is 0 Å². The Morgan fingerprint density at radius 1 is 1.24 bits per heavy atom. The van der Waals surface area contributed by atoms with Crippen molar-refractivity contribution in [2.75, 3.05) is 0 Å². The second-order valence-electron chi connectivity index (χ2n) is 4.33. The number of aromatic amines is 1. The lowest BCUT2D eigenvalue weighted by atomic mass is 9.93. The minimum Gasteiger partial charge on any atom is -0.282 e. The number of H-pyrrole nitrogens is 1. The van der Waals surface area contributed by atoms with Crippen molar-refractivity contribution in [1.82, 2.24) is 10.2 Å². The van der Waals surface area contributed by atoms with Crippen LogP contribution < -0.4 is 0 Å². The Hall–Kier alpha value is -0.990. The lowest BCUT2D eigenvalue weighted by Gasteiger charge is -2.17.